The Labute approximate surface area is 291 Å². The number of hydrogen-bond donors (Lipinski definition) is 1. The maximum atomic E-state index is 14.2. The van der Waals surface area contributed by atoms with Crippen LogP contribution in [-0.4, -0.2) is 80.3 Å². The zero-order chi connectivity index (χ0) is 35.5. The Morgan fingerprint density at radius 1 is 1.02 bits per heavy atom. The predicted octanol–water partition coefficient (Wildman–Crippen LogP) is 3.77. The number of amides is 2. The average molecular weight is 727 g/mol. The summed E-state index contributed by atoms with van der Waals surface area (Å²) in [7, 11) is 0. The summed E-state index contributed by atoms with van der Waals surface area (Å²) in [6.45, 7) is 2.08. The van der Waals surface area contributed by atoms with E-state index in [2.05, 4.69) is 20.4 Å². The van der Waals surface area contributed by atoms with E-state index in [-0.39, 0.29) is 47.9 Å². The first-order valence-corrected chi connectivity index (χ1v) is 16.7. The molecule has 3 aliphatic rings. The molecule has 1 N–H and O–H groups in total. The first kappa shape index (κ1) is 33.2. The third kappa shape index (κ3) is 6.08. The van der Waals surface area contributed by atoms with Crippen LogP contribution < -0.4 is 15.8 Å². The van der Waals surface area contributed by atoms with E-state index >= 15 is 0 Å². The Hall–Kier alpha value is -5.00. The first-order chi connectivity index (χ1) is 24.5. The number of fused-ring (bicyclic) bond motifs is 4. The number of para-hydroxylation sites is 2. The number of carbonyl (C=O) groups excluding carboxylic acids is 2. The number of hydrogen-bond acceptors (Lipinski definition) is 10. The molecule has 2 fully saturated rings. The Morgan fingerprint density at radius 2 is 1.78 bits per heavy atom. The number of nitrogens with zero attached hydrogens (tertiary/aromatic N) is 7. The highest BCUT2D eigenvalue weighted by molar-refractivity contribution is 6.33. The van der Waals surface area contributed by atoms with Gasteiger partial charge >= 0.3 is 6.18 Å². The number of nitrogens with one attached hydrogen (secondary N) is 1. The van der Waals surface area contributed by atoms with Crippen LogP contribution in [0.3, 0.4) is 0 Å². The first-order valence-electron chi connectivity index (χ1n) is 16.3. The number of rotatable bonds is 6. The molecule has 5 aromatic rings. The number of oxazole rings is 1. The van der Waals surface area contributed by atoms with Crippen molar-refractivity contribution >= 4 is 51.9 Å². The lowest BCUT2D eigenvalue weighted by Gasteiger charge is -2.38. The second kappa shape index (κ2) is 12.6. The van der Waals surface area contributed by atoms with Gasteiger partial charge in [-0.05, 0) is 43.2 Å². The quantitative estimate of drug-likeness (QED) is 0.274. The SMILES string of the molecule is O=C(Cn1c2c(c(=O)n3nc(N4CCOCC4)nc13)C1(CCN(C(=O)Cc3nc4ccccc4o3)CC1)OC2)Nc1ccc(C(F)(F)F)cc1Cl. The third-order valence-electron chi connectivity index (χ3n) is 9.51. The molecule has 1 spiro atoms. The summed E-state index contributed by atoms with van der Waals surface area (Å²) >= 11 is 6.11. The summed E-state index contributed by atoms with van der Waals surface area (Å²) in [5, 5.41) is 6.83. The minimum absolute atomic E-state index is 0.0125. The topological polar surface area (TPSA) is 149 Å². The molecule has 3 aromatic heterocycles. The number of halogens is 4. The van der Waals surface area contributed by atoms with Crippen LogP contribution in [0.5, 0.6) is 0 Å². The summed E-state index contributed by atoms with van der Waals surface area (Å²) < 4.78 is 59.8. The fourth-order valence-electron chi connectivity index (χ4n) is 6.91. The molecule has 0 atom stereocenters. The number of aromatic nitrogens is 5. The van der Waals surface area contributed by atoms with Crippen LogP contribution in [0.1, 0.15) is 35.6 Å². The lowest BCUT2D eigenvalue weighted by molar-refractivity contribution is -0.138. The zero-order valence-corrected chi connectivity index (χ0v) is 27.7. The van der Waals surface area contributed by atoms with Gasteiger partial charge in [0, 0.05) is 26.2 Å². The molecule has 18 heteroatoms. The Bertz CT molecular complexity index is 2200. The van der Waals surface area contributed by atoms with Gasteiger partial charge in [-0.15, -0.1) is 5.10 Å². The molecule has 0 saturated carbocycles. The lowest BCUT2D eigenvalue weighted by Crippen LogP contribution is -2.47. The minimum atomic E-state index is -4.61. The van der Waals surface area contributed by atoms with Crippen LogP contribution in [0.25, 0.3) is 16.9 Å². The van der Waals surface area contributed by atoms with E-state index in [0.717, 1.165) is 22.7 Å². The van der Waals surface area contributed by atoms with Gasteiger partial charge in [-0.1, -0.05) is 23.7 Å². The van der Waals surface area contributed by atoms with E-state index in [1.807, 2.05) is 23.1 Å². The molecular weight excluding hydrogens is 697 g/mol. The Kier molecular flexibility index (Phi) is 8.22. The van der Waals surface area contributed by atoms with Crippen LogP contribution in [0.2, 0.25) is 5.02 Å². The number of piperidine rings is 1. The van der Waals surface area contributed by atoms with Crippen molar-refractivity contribution in [3.63, 3.8) is 0 Å². The molecule has 2 amide bonds. The fraction of sp³-hybridized carbons (Fsp3) is 0.394. The van der Waals surface area contributed by atoms with Crippen molar-refractivity contribution < 1.29 is 36.7 Å². The number of morpholine rings is 1. The second-order valence-electron chi connectivity index (χ2n) is 12.6. The van der Waals surface area contributed by atoms with Crippen LogP contribution >= 0.6 is 11.6 Å². The monoisotopic (exact) mass is 726 g/mol. The van der Waals surface area contributed by atoms with E-state index < -0.39 is 28.8 Å². The number of alkyl halides is 3. The van der Waals surface area contributed by atoms with Gasteiger partial charge in [0.05, 0.1) is 47.4 Å². The maximum Gasteiger partial charge on any atom is 0.416 e. The lowest BCUT2D eigenvalue weighted by atomic mass is 9.85. The largest absolute Gasteiger partial charge is 0.440 e. The zero-order valence-electron chi connectivity index (χ0n) is 26.9. The third-order valence-corrected chi connectivity index (χ3v) is 9.83. The summed E-state index contributed by atoms with van der Waals surface area (Å²) in [5.74, 6) is -0.102. The van der Waals surface area contributed by atoms with Gasteiger partial charge in [0.2, 0.25) is 29.4 Å². The maximum absolute atomic E-state index is 14.2. The number of likely N-dealkylation sites (tertiary alicyclic amines) is 1. The minimum Gasteiger partial charge on any atom is -0.440 e. The van der Waals surface area contributed by atoms with Crippen LogP contribution in [0.4, 0.5) is 24.8 Å². The molecule has 2 aromatic carbocycles. The molecule has 2 saturated heterocycles. The van der Waals surface area contributed by atoms with Crippen molar-refractivity contribution in [3.8, 4) is 0 Å². The molecule has 8 rings (SSSR count). The van der Waals surface area contributed by atoms with Gasteiger partial charge in [-0.25, -0.2) is 4.98 Å². The molecule has 0 radical (unpaired) electrons. The van der Waals surface area contributed by atoms with Gasteiger partial charge < -0.3 is 33.6 Å². The van der Waals surface area contributed by atoms with Gasteiger partial charge in [-0.3, -0.25) is 14.4 Å². The molecule has 0 aliphatic carbocycles. The molecule has 266 valence electrons. The highest BCUT2D eigenvalue weighted by atomic mass is 35.5. The molecule has 51 heavy (non-hydrogen) atoms. The molecule has 0 bridgehead atoms. The van der Waals surface area contributed by atoms with E-state index in [0.29, 0.717) is 80.5 Å². The summed E-state index contributed by atoms with van der Waals surface area (Å²) in [6.07, 6.45) is -4.02. The summed E-state index contributed by atoms with van der Waals surface area (Å²) in [5.41, 5.74) is -0.469. The van der Waals surface area contributed by atoms with E-state index in [1.54, 1.807) is 15.5 Å². The fourth-order valence-corrected chi connectivity index (χ4v) is 7.14. The molecule has 14 nitrogen and oxygen atoms in total. The van der Waals surface area contributed by atoms with E-state index in [1.165, 1.54) is 0 Å². The molecular formula is C33H30ClF3N8O6. The van der Waals surface area contributed by atoms with Crippen molar-refractivity contribution in [1.82, 2.24) is 29.0 Å². The van der Waals surface area contributed by atoms with Crippen LogP contribution in [0, 0.1) is 0 Å². The van der Waals surface area contributed by atoms with Crippen LogP contribution in [-0.2, 0) is 50.4 Å². The molecule has 3 aliphatic heterocycles. The Balaban J connectivity index is 1.09. The van der Waals surface area contributed by atoms with E-state index in [4.69, 9.17) is 25.5 Å². The van der Waals surface area contributed by atoms with Gasteiger partial charge in [-0.2, -0.15) is 22.7 Å². The van der Waals surface area contributed by atoms with Crippen molar-refractivity contribution in [3.05, 3.63) is 80.6 Å². The second-order valence-corrected chi connectivity index (χ2v) is 13.0. The highest BCUT2D eigenvalue weighted by Gasteiger charge is 2.48. The number of anilines is 2. The predicted molar refractivity (Wildman–Crippen MR) is 175 cm³/mol. The summed E-state index contributed by atoms with van der Waals surface area (Å²) in [6, 6.07) is 9.90. The number of benzene rings is 2. The summed E-state index contributed by atoms with van der Waals surface area (Å²) in [4.78, 5) is 53.6. The van der Waals surface area contributed by atoms with Gasteiger partial charge in [0.25, 0.3) is 5.56 Å². The van der Waals surface area contributed by atoms with Gasteiger partial charge in [0.1, 0.15) is 24.1 Å². The van der Waals surface area contributed by atoms with Crippen molar-refractivity contribution in [2.75, 3.05) is 49.6 Å². The molecule has 0 unspecified atom stereocenters. The van der Waals surface area contributed by atoms with Crippen molar-refractivity contribution in [1.29, 1.82) is 0 Å². The number of carbonyl (C=O) groups is 2. The standard InChI is InChI=1S/C33H30ClF3N8O6/c34-20-15-19(33(35,36)37)5-6-21(20)38-25(46)17-44-23-18-50-32(28(23)29(48)45-31(44)40-30(41-45)43-11-13-49-14-12-43)7-9-42(10-8-32)27(47)16-26-39-22-3-1-2-4-24(22)51-26/h1-6,15H,7-14,16-18H2,(H,38,46). The van der Waals surface area contributed by atoms with Crippen molar-refractivity contribution in [2.45, 2.75) is 44.2 Å². The van der Waals surface area contributed by atoms with Crippen LogP contribution in [0.15, 0.2) is 51.7 Å². The van der Waals surface area contributed by atoms with Crippen molar-refractivity contribution in [2.24, 2.45) is 0 Å². The average Bonchev–Trinajstić information content (AvgIpc) is 3.84. The van der Waals surface area contributed by atoms with E-state index in [9.17, 15) is 27.6 Å². The number of ether oxygens (including phenoxy) is 2. The smallest absolute Gasteiger partial charge is 0.416 e. The van der Waals surface area contributed by atoms with Gasteiger partial charge in [0.15, 0.2) is 5.58 Å². The highest BCUT2D eigenvalue weighted by Crippen LogP contribution is 2.43. The normalized spacial score (nSPS) is 17.4. The Morgan fingerprint density at radius 3 is 2.51 bits per heavy atom. The molecule has 6 heterocycles.